The molecule has 0 spiro atoms. The van der Waals surface area contributed by atoms with E-state index in [4.69, 9.17) is 5.73 Å². The van der Waals surface area contributed by atoms with Gasteiger partial charge in [-0.1, -0.05) is 60.7 Å². The first-order chi connectivity index (χ1) is 9.83. The first-order valence-electron chi connectivity index (χ1n) is 6.70. The summed E-state index contributed by atoms with van der Waals surface area (Å²) in [4.78, 5) is 4.45. The molecule has 0 fully saturated rings. The Balaban J connectivity index is 1.79. The highest BCUT2D eigenvalue weighted by Gasteiger charge is 2.08. The molecule has 0 radical (unpaired) electrons. The van der Waals surface area contributed by atoms with Crippen LogP contribution in [0.3, 0.4) is 0 Å². The van der Waals surface area contributed by atoms with Gasteiger partial charge in [-0.15, -0.1) is 0 Å². The van der Waals surface area contributed by atoms with E-state index in [1.807, 2.05) is 47.3 Å². The number of benzene rings is 2. The van der Waals surface area contributed by atoms with Crippen LogP contribution in [-0.2, 0) is 13.0 Å². The highest BCUT2D eigenvalue weighted by molar-refractivity contribution is 5.40. The molecule has 0 saturated carbocycles. The summed E-state index contributed by atoms with van der Waals surface area (Å²) in [5.41, 5.74) is 9.59. The molecule has 3 aromatic rings. The summed E-state index contributed by atoms with van der Waals surface area (Å²) in [6.07, 6.45) is 2.59. The molecule has 0 aliphatic heterocycles. The van der Waals surface area contributed by atoms with Crippen LogP contribution in [0.1, 0.15) is 16.8 Å². The van der Waals surface area contributed by atoms with Crippen LogP contribution in [0.2, 0.25) is 0 Å². The average molecular weight is 263 g/mol. The average Bonchev–Trinajstić information content (AvgIpc) is 2.83. The Bertz CT molecular complexity index is 613. The Morgan fingerprint density at radius 2 is 1.45 bits per heavy atom. The first kappa shape index (κ1) is 12.5. The number of hydrogen-bond donors (Lipinski definition) is 1. The lowest BCUT2D eigenvalue weighted by atomic mass is 10.1. The maximum Gasteiger partial charge on any atom is 0.127 e. The number of nitrogens with two attached hydrogens (primary N) is 1. The van der Waals surface area contributed by atoms with E-state index < -0.39 is 0 Å². The lowest BCUT2D eigenvalue weighted by Gasteiger charge is -2.06. The maximum atomic E-state index is 6.20. The lowest BCUT2D eigenvalue weighted by molar-refractivity contribution is 0.807. The van der Waals surface area contributed by atoms with Crippen LogP contribution in [0.15, 0.2) is 67.0 Å². The van der Waals surface area contributed by atoms with Gasteiger partial charge in [-0.25, -0.2) is 4.98 Å². The quantitative estimate of drug-likeness (QED) is 0.786. The van der Waals surface area contributed by atoms with Gasteiger partial charge in [0.2, 0.25) is 0 Å². The van der Waals surface area contributed by atoms with Gasteiger partial charge in [-0.05, 0) is 11.1 Å². The molecule has 2 N–H and O–H groups in total. The van der Waals surface area contributed by atoms with E-state index in [9.17, 15) is 0 Å². The third-order valence-electron chi connectivity index (χ3n) is 3.37. The van der Waals surface area contributed by atoms with Gasteiger partial charge >= 0.3 is 0 Å². The Labute approximate surface area is 118 Å². The molecule has 3 nitrogen and oxygen atoms in total. The molecule has 2 aromatic carbocycles. The number of aromatic nitrogens is 2. The number of imidazole rings is 1. The SMILES string of the molecule is Nc1c(Cc2ccccc2)ncn1Cc1ccccc1. The summed E-state index contributed by atoms with van der Waals surface area (Å²) < 4.78 is 1.99. The fourth-order valence-electron chi connectivity index (χ4n) is 2.27. The van der Waals surface area contributed by atoms with Crippen molar-refractivity contribution in [1.82, 2.24) is 9.55 Å². The number of rotatable bonds is 4. The van der Waals surface area contributed by atoms with Crippen LogP contribution in [0.25, 0.3) is 0 Å². The van der Waals surface area contributed by atoms with E-state index >= 15 is 0 Å². The summed E-state index contributed by atoms with van der Waals surface area (Å²) >= 11 is 0. The van der Waals surface area contributed by atoms with Crippen LogP contribution in [0.4, 0.5) is 5.82 Å². The number of nitrogen functional groups attached to an aromatic ring is 1. The fourth-order valence-corrected chi connectivity index (χ4v) is 2.27. The van der Waals surface area contributed by atoms with Crippen LogP contribution in [0.5, 0.6) is 0 Å². The molecule has 100 valence electrons. The highest BCUT2D eigenvalue weighted by Crippen LogP contribution is 2.16. The second-order valence-electron chi connectivity index (χ2n) is 4.85. The number of anilines is 1. The molecule has 0 saturated heterocycles. The second-order valence-corrected chi connectivity index (χ2v) is 4.85. The minimum absolute atomic E-state index is 0.748. The molecular weight excluding hydrogens is 246 g/mol. The van der Waals surface area contributed by atoms with Crippen LogP contribution in [-0.4, -0.2) is 9.55 Å². The lowest BCUT2D eigenvalue weighted by Crippen LogP contribution is -2.04. The molecule has 1 aromatic heterocycles. The molecule has 3 heteroatoms. The Kier molecular flexibility index (Phi) is 3.50. The smallest absolute Gasteiger partial charge is 0.127 e. The van der Waals surface area contributed by atoms with Gasteiger partial charge in [0.15, 0.2) is 0 Å². The third kappa shape index (κ3) is 2.72. The van der Waals surface area contributed by atoms with E-state index in [-0.39, 0.29) is 0 Å². The second kappa shape index (κ2) is 5.61. The zero-order valence-corrected chi connectivity index (χ0v) is 11.2. The normalized spacial score (nSPS) is 10.6. The van der Waals surface area contributed by atoms with Crippen molar-refractivity contribution in [2.45, 2.75) is 13.0 Å². The zero-order valence-electron chi connectivity index (χ0n) is 11.2. The van der Waals surface area contributed by atoms with E-state index in [1.54, 1.807) is 0 Å². The van der Waals surface area contributed by atoms with E-state index in [2.05, 4.69) is 29.2 Å². The molecular formula is C17H17N3. The molecule has 0 aliphatic rings. The highest BCUT2D eigenvalue weighted by atomic mass is 15.1. The maximum absolute atomic E-state index is 6.20. The van der Waals surface area contributed by atoms with Gasteiger partial charge in [-0.2, -0.15) is 0 Å². The minimum atomic E-state index is 0.748. The molecule has 0 unspecified atom stereocenters. The van der Waals surface area contributed by atoms with Crippen LogP contribution < -0.4 is 5.73 Å². The van der Waals surface area contributed by atoms with Gasteiger partial charge in [0.1, 0.15) is 5.82 Å². The molecule has 3 rings (SSSR count). The molecule has 0 aliphatic carbocycles. The Morgan fingerprint density at radius 1 is 0.850 bits per heavy atom. The fraction of sp³-hybridized carbons (Fsp3) is 0.118. The largest absolute Gasteiger partial charge is 0.384 e. The van der Waals surface area contributed by atoms with Crippen molar-refractivity contribution in [3.63, 3.8) is 0 Å². The van der Waals surface area contributed by atoms with Crippen molar-refractivity contribution >= 4 is 5.82 Å². The third-order valence-corrected chi connectivity index (χ3v) is 3.37. The Morgan fingerprint density at radius 3 is 2.10 bits per heavy atom. The minimum Gasteiger partial charge on any atom is -0.384 e. The van der Waals surface area contributed by atoms with E-state index in [0.29, 0.717) is 0 Å². The predicted molar refractivity (Wildman–Crippen MR) is 81.4 cm³/mol. The first-order valence-corrected chi connectivity index (χ1v) is 6.70. The van der Waals surface area contributed by atoms with Crippen molar-refractivity contribution in [2.75, 3.05) is 5.73 Å². The monoisotopic (exact) mass is 263 g/mol. The molecule has 20 heavy (non-hydrogen) atoms. The van der Waals surface area contributed by atoms with Gasteiger partial charge in [0.25, 0.3) is 0 Å². The van der Waals surface area contributed by atoms with Crippen LogP contribution in [0, 0.1) is 0 Å². The van der Waals surface area contributed by atoms with Gasteiger partial charge in [0, 0.05) is 6.42 Å². The standard InChI is InChI=1S/C17H17N3/c18-17-16(11-14-7-3-1-4-8-14)19-13-20(17)12-15-9-5-2-6-10-15/h1-10,13H,11-12,18H2. The van der Waals surface area contributed by atoms with Crippen molar-refractivity contribution < 1.29 is 0 Å². The van der Waals surface area contributed by atoms with Gasteiger partial charge < -0.3 is 10.3 Å². The summed E-state index contributed by atoms with van der Waals surface area (Å²) in [6, 6.07) is 20.5. The van der Waals surface area contributed by atoms with E-state index in [1.165, 1.54) is 11.1 Å². The van der Waals surface area contributed by atoms with Gasteiger partial charge in [0.05, 0.1) is 18.6 Å². The summed E-state index contributed by atoms with van der Waals surface area (Å²) in [6.45, 7) is 0.758. The Hall–Kier alpha value is -2.55. The summed E-state index contributed by atoms with van der Waals surface area (Å²) in [5.74, 6) is 0.748. The molecule has 0 amide bonds. The van der Waals surface area contributed by atoms with Crippen molar-refractivity contribution in [2.24, 2.45) is 0 Å². The van der Waals surface area contributed by atoms with Crippen molar-refractivity contribution in [3.8, 4) is 0 Å². The number of nitrogens with zero attached hydrogens (tertiary/aromatic N) is 2. The molecule has 0 bridgehead atoms. The van der Waals surface area contributed by atoms with Crippen molar-refractivity contribution in [3.05, 3.63) is 83.8 Å². The number of hydrogen-bond acceptors (Lipinski definition) is 2. The summed E-state index contributed by atoms with van der Waals surface area (Å²) in [7, 11) is 0. The van der Waals surface area contributed by atoms with Crippen LogP contribution >= 0.6 is 0 Å². The predicted octanol–water partition coefficient (Wildman–Crippen LogP) is 3.10. The van der Waals surface area contributed by atoms with E-state index in [0.717, 1.165) is 24.5 Å². The van der Waals surface area contributed by atoms with Crippen molar-refractivity contribution in [1.29, 1.82) is 0 Å². The zero-order chi connectivity index (χ0) is 13.8. The molecule has 0 atom stereocenters. The topological polar surface area (TPSA) is 43.8 Å². The van der Waals surface area contributed by atoms with Gasteiger partial charge in [-0.3, -0.25) is 0 Å². The molecule has 1 heterocycles. The summed E-state index contributed by atoms with van der Waals surface area (Å²) in [5, 5.41) is 0.